The van der Waals surface area contributed by atoms with E-state index < -0.39 is 0 Å². The number of nitrogens with one attached hydrogen (secondary N) is 1. The van der Waals surface area contributed by atoms with E-state index in [1.165, 1.54) is 11.3 Å². The lowest BCUT2D eigenvalue weighted by atomic mass is 9.97. The summed E-state index contributed by atoms with van der Waals surface area (Å²) in [4.78, 5) is 2.40. The Bertz CT molecular complexity index is 434. The van der Waals surface area contributed by atoms with E-state index in [0.29, 0.717) is 19.1 Å². The highest BCUT2D eigenvalue weighted by Crippen LogP contribution is 2.28. The van der Waals surface area contributed by atoms with E-state index in [1.54, 1.807) is 7.11 Å². The van der Waals surface area contributed by atoms with Gasteiger partial charge in [-0.25, -0.2) is 0 Å². The second-order valence-electron chi connectivity index (χ2n) is 5.56. The van der Waals surface area contributed by atoms with Crippen LogP contribution in [0, 0.1) is 5.92 Å². The molecule has 0 unspecified atom stereocenters. The zero-order valence-corrected chi connectivity index (χ0v) is 13.4. The van der Waals surface area contributed by atoms with Crippen molar-refractivity contribution in [3.05, 3.63) is 28.8 Å². The summed E-state index contributed by atoms with van der Waals surface area (Å²) in [7, 11) is 1.71. The van der Waals surface area contributed by atoms with Gasteiger partial charge in [-0.1, -0.05) is 11.6 Å². The van der Waals surface area contributed by atoms with Gasteiger partial charge in [-0.05, 0) is 42.5 Å². The summed E-state index contributed by atoms with van der Waals surface area (Å²) in [6.45, 7) is 4.63. The van der Waals surface area contributed by atoms with E-state index in [2.05, 4.69) is 16.3 Å². The Balaban J connectivity index is 2.01. The number of anilines is 1. The first-order valence-corrected chi connectivity index (χ1v) is 7.96. The van der Waals surface area contributed by atoms with Gasteiger partial charge in [-0.2, -0.15) is 0 Å². The molecule has 118 valence electrons. The summed E-state index contributed by atoms with van der Waals surface area (Å²) < 4.78 is 5.05. The first-order valence-electron chi connectivity index (χ1n) is 7.58. The predicted octanol–water partition coefficient (Wildman–Crippen LogP) is 2.28. The van der Waals surface area contributed by atoms with Crippen LogP contribution < -0.4 is 10.2 Å². The van der Waals surface area contributed by atoms with Crippen LogP contribution in [0.1, 0.15) is 18.4 Å². The van der Waals surface area contributed by atoms with Crippen molar-refractivity contribution in [3.8, 4) is 0 Å². The Labute approximate surface area is 132 Å². The molecule has 1 saturated heterocycles. The van der Waals surface area contributed by atoms with Gasteiger partial charge in [0.05, 0.1) is 6.61 Å². The molecule has 1 aromatic carbocycles. The fraction of sp³-hybridized carbons (Fsp3) is 0.625. The molecule has 21 heavy (non-hydrogen) atoms. The quantitative estimate of drug-likeness (QED) is 0.758. The second-order valence-corrected chi connectivity index (χ2v) is 5.99. The van der Waals surface area contributed by atoms with Gasteiger partial charge in [0, 0.05) is 50.6 Å². The van der Waals surface area contributed by atoms with Gasteiger partial charge in [-0.3, -0.25) is 0 Å². The molecule has 2 N–H and O–H groups in total. The molecule has 1 aliphatic rings. The number of piperidine rings is 1. The zero-order valence-electron chi connectivity index (χ0n) is 12.6. The normalized spacial score (nSPS) is 16.4. The van der Waals surface area contributed by atoms with Crippen LogP contribution in [0.2, 0.25) is 5.02 Å². The minimum atomic E-state index is 0.305. The van der Waals surface area contributed by atoms with Crippen molar-refractivity contribution in [2.24, 2.45) is 5.92 Å². The van der Waals surface area contributed by atoms with Crippen LogP contribution in [-0.2, 0) is 11.3 Å². The lowest BCUT2D eigenvalue weighted by molar-refractivity contribution is 0.199. The fourth-order valence-electron chi connectivity index (χ4n) is 2.76. The van der Waals surface area contributed by atoms with E-state index in [1.807, 2.05) is 12.1 Å². The summed E-state index contributed by atoms with van der Waals surface area (Å²) in [5.41, 5.74) is 2.47. The van der Waals surface area contributed by atoms with Crippen LogP contribution >= 0.6 is 11.6 Å². The van der Waals surface area contributed by atoms with Crippen LogP contribution in [0.15, 0.2) is 18.2 Å². The van der Waals surface area contributed by atoms with Crippen molar-refractivity contribution in [1.82, 2.24) is 5.32 Å². The van der Waals surface area contributed by atoms with Gasteiger partial charge in [0.1, 0.15) is 0 Å². The molecular weight excluding hydrogens is 288 g/mol. The number of aliphatic hydroxyl groups is 1. The van der Waals surface area contributed by atoms with Gasteiger partial charge in [-0.15, -0.1) is 0 Å². The number of benzene rings is 1. The van der Waals surface area contributed by atoms with Crippen molar-refractivity contribution < 1.29 is 9.84 Å². The maximum absolute atomic E-state index is 9.25. The Kier molecular flexibility index (Phi) is 6.77. The van der Waals surface area contributed by atoms with Crippen molar-refractivity contribution >= 4 is 17.3 Å². The number of nitrogens with zero attached hydrogens (tertiary/aromatic N) is 1. The van der Waals surface area contributed by atoms with Crippen LogP contribution in [0.3, 0.4) is 0 Å². The Hall–Kier alpha value is -0.810. The van der Waals surface area contributed by atoms with Crippen LogP contribution in [0.25, 0.3) is 0 Å². The van der Waals surface area contributed by atoms with E-state index in [0.717, 1.165) is 44.0 Å². The van der Waals surface area contributed by atoms with Gasteiger partial charge < -0.3 is 20.1 Å². The number of ether oxygens (including phenoxy) is 1. The third kappa shape index (κ3) is 4.85. The number of rotatable bonds is 7. The molecule has 1 aliphatic heterocycles. The monoisotopic (exact) mass is 312 g/mol. The molecule has 1 fully saturated rings. The predicted molar refractivity (Wildman–Crippen MR) is 87.1 cm³/mol. The summed E-state index contributed by atoms with van der Waals surface area (Å²) in [5, 5.41) is 13.4. The molecule has 2 rings (SSSR count). The van der Waals surface area contributed by atoms with Crippen LogP contribution in [0.5, 0.6) is 0 Å². The first-order chi connectivity index (χ1) is 10.2. The van der Waals surface area contributed by atoms with Gasteiger partial charge in [0.25, 0.3) is 0 Å². The minimum absolute atomic E-state index is 0.305. The van der Waals surface area contributed by atoms with Gasteiger partial charge in [0.15, 0.2) is 0 Å². The summed E-state index contributed by atoms with van der Waals surface area (Å²) >= 11 is 6.14. The van der Waals surface area contributed by atoms with Crippen molar-refractivity contribution in [2.45, 2.75) is 19.4 Å². The van der Waals surface area contributed by atoms with Gasteiger partial charge >= 0.3 is 0 Å². The molecule has 0 aromatic heterocycles. The molecule has 0 saturated carbocycles. The van der Waals surface area contributed by atoms with Crippen LogP contribution in [0.4, 0.5) is 5.69 Å². The third-order valence-corrected chi connectivity index (χ3v) is 4.29. The molecule has 0 aliphatic carbocycles. The van der Waals surface area contributed by atoms with E-state index >= 15 is 0 Å². The molecule has 1 heterocycles. The molecule has 1 aromatic rings. The average molecular weight is 313 g/mol. The smallest absolute Gasteiger partial charge is 0.0587 e. The molecule has 0 spiro atoms. The maximum atomic E-state index is 9.25. The molecule has 0 amide bonds. The lowest BCUT2D eigenvalue weighted by Crippen LogP contribution is -2.35. The van der Waals surface area contributed by atoms with E-state index in [-0.39, 0.29) is 0 Å². The topological polar surface area (TPSA) is 44.7 Å². The number of halogens is 1. The maximum Gasteiger partial charge on any atom is 0.0587 e. The number of aliphatic hydroxyl groups excluding tert-OH is 1. The number of methoxy groups -OCH3 is 1. The highest BCUT2D eigenvalue weighted by atomic mass is 35.5. The van der Waals surface area contributed by atoms with Crippen molar-refractivity contribution in [2.75, 3.05) is 44.9 Å². The largest absolute Gasteiger partial charge is 0.396 e. The molecule has 5 heteroatoms. The lowest BCUT2D eigenvalue weighted by Gasteiger charge is -2.34. The molecule has 4 nitrogen and oxygen atoms in total. The Morgan fingerprint density at radius 1 is 1.38 bits per heavy atom. The molecular formula is C16H25ClN2O2. The average Bonchev–Trinajstić information content (AvgIpc) is 2.52. The fourth-order valence-corrected chi connectivity index (χ4v) is 2.95. The minimum Gasteiger partial charge on any atom is -0.396 e. The number of hydrogen-bond donors (Lipinski definition) is 2. The standard InChI is InChI=1S/C16H25ClN2O2/c1-21-9-6-18-11-14-10-15(17)2-3-16(14)19-7-4-13(12-20)5-8-19/h2-3,10,13,18,20H,4-9,11-12H2,1H3. The molecule has 0 bridgehead atoms. The highest BCUT2D eigenvalue weighted by Gasteiger charge is 2.20. The van der Waals surface area contributed by atoms with E-state index in [9.17, 15) is 5.11 Å². The summed E-state index contributed by atoms with van der Waals surface area (Å²) in [6.07, 6.45) is 2.10. The molecule has 0 radical (unpaired) electrons. The Morgan fingerprint density at radius 3 is 2.81 bits per heavy atom. The highest BCUT2D eigenvalue weighted by molar-refractivity contribution is 6.30. The summed E-state index contributed by atoms with van der Waals surface area (Å²) in [5.74, 6) is 0.455. The van der Waals surface area contributed by atoms with Crippen molar-refractivity contribution in [1.29, 1.82) is 0 Å². The second kappa shape index (κ2) is 8.59. The zero-order chi connectivity index (χ0) is 15.1. The van der Waals surface area contributed by atoms with E-state index in [4.69, 9.17) is 16.3 Å². The van der Waals surface area contributed by atoms with Crippen molar-refractivity contribution in [3.63, 3.8) is 0 Å². The van der Waals surface area contributed by atoms with Gasteiger partial charge in [0.2, 0.25) is 0 Å². The SMILES string of the molecule is COCCNCc1cc(Cl)ccc1N1CCC(CO)CC1. The third-order valence-electron chi connectivity index (χ3n) is 4.05. The summed E-state index contributed by atoms with van der Waals surface area (Å²) in [6, 6.07) is 6.09. The van der Waals surface area contributed by atoms with Crippen LogP contribution in [-0.4, -0.2) is 45.1 Å². The number of hydrogen-bond acceptors (Lipinski definition) is 4. The first kappa shape index (κ1) is 16.6. The molecule has 0 atom stereocenters. The Morgan fingerprint density at radius 2 is 2.14 bits per heavy atom.